The third-order valence-electron chi connectivity index (χ3n) is 4.50. The van der Waals surface area contributed by atoms with Gasteiger partial charge in [-0.2, -0.15) is 0 Å². The maximum Gasteiger partial charge on any atom is 0.315 e. The van der Waals surface area contributed by atoms with Crippen LogP contribution in [0.1, 0.15) is 29.5 Å². The second-order valence-electron chi connectivity index (χ2n) is 6.55. The lowest BCUT2D eigenvalue weighted by Crippen LogP contribution is -2.48. The van der Waals surface area contributed by atoms with Crippen LogP contribution in [0.25, 0.3) is 0 Å². The normalized spacial score (nSPS) is 16.4. The molecule has 0 radical (unpaired) electrons. The van der Waals surface area contributed by atoms with Crippen molar-refractivity contribution in [3.63, 3.8) is 0 Å². The van der Waals surface area contributed by atoms with Crippen molar-refractivity contribution in [2.24, 2.45) is 0 Å². The number of likely N-dealkylation sites (tertiary alicyclic amines) is 1. The first-order chi connectivity index (χ1) is 11.4. The number of hydrogen-bond acceptors (Lipinski definition) is 2. The van der Waals surface area contributed by atoms with Gasteiger partial charge in [0, 0.05) is 25.7 Å². The largest absolute Gasteiger partial charge is 0.338 e. The number of halogens is 2. The van der Waals surface area contributed by atoms with E-state index in [4.69, 9.17) is 0 Å². The Morgan fingerprint density at radius 3 is 2.62 bits per heavy atom. The lowest BCUT2D eigenvalue weighted by Gasteiger charge is -2.32. The summed E-state index contributed by atoms with van der Waals surface area (Å²) in [6.45, 7) is 5.77. The highest BCUT2D eigenvalue weighted by Gasteiger charge is 2.22. The maximum absolute atomic E-state index is 12.3. The van der Waals surface area contributed by atoms with Gasteiger partial charge in [0.1, 0.15) is 0 Å². The summed E-state index contributed by atoms with van der Waals surface area (Å²) in [6.07, 6.45) is -0.0520. The highest BCUT2D eigenvalue weighted by Crippen LogP contribution is 2.12. The van der Waals surface area contributed by atoms with Gasteiger partial charge in [0.15, 0.2) is 0 Å². The first-order valence-corrected chi connectivity index (χ1v) is 8.55. The third-order valence-corrected chi connectivity index (χ3v) is 4.50. The van der Waals surface area contributed by atoms with E-state index < -0.39 is 6.43 Å². The Morgan fingerprint density at radius 1 is 1.29 bits per heavy atom. The molecule has 2 rings (SSSR count). The molecule has 24 heavy (non-hydrogen) atoms. The molecule has 0 saturated carbocycles. The Morgan fingerprint density at radius 2 is 2.00 bits per heavy atom. The molecule has 1 aromatic carbocycles. The number of alkyl halides is 2. The topological polar surface area (TPSA) is 44.4 Å². The molecule has 0 atom stereocenters. The molecule has 6 heteroatoms. The highest BCUT2D eigenvalue weighted by molar-refractivity contribution is 5.74. The van der Waals surface area contributed by atoms with E-state index in [-0.39, 0.29) is 18.6 Å². The van der Waals surface area contributed by atoms with Gasteiger partial charge in [0.2, 0.25) is 0 Å². The zero-order chi connectivity index (χ0) is 17.5. The lowest BCUT2D eigenvalue weighted by atomic mass is 10.0. The molecule has 134 valence electrons. The molecule has 4 nitrogen and oxygen atoms in total. The minimum absolute atomic E-state index is 0.0695. The standard InChI is InChI=1S/C18H27F2N3O/c1-13-3-4-15(14(2)11-13)5-8-21-18(24)22-16-6-9-23(10-7-16)12-17(19)20/h3-4,11,16-17H,5-10,12H2,1-2H3,(H2,21,22,24). The summed E-state index contributed by atoms with van der Waals surface area (Å²) in [5.74, 6) is 0. The Hall–Kier alpha value is -1.69. The van der Waals surface area contributed by atoms with Crippen LogP contribution in [-0.2, 0) is 6.42 Å². The molecular weight excluding hydrogens is 312 g/mol. The molecule has 1 saturated heterocycles. The van der Waals surface area contributed by atoms with E-state index in [2.05, 4.69) is 42.7 Å². The minimum atomic E-state index is -2.29. The molecule has 0 unspecified atom stereocenters. The second-order valence-corrected chi connectivity index (χ2v) is 6.55. The summed E-state index contributed by atoms with van der Waals surface area (Å²) in [7, 11) is 0. The molecule has 2 N–H and O–H groups in total. The fourth-order valence-corrected chi connectivity index (χ4v) is 3.13. The van der Waals surface area contributed by atoms with Crippen molar-refractivity contribution in [3.05, 3.63) is 34.9 Å². The summed E-state index contributed by atoms with van der Waals surface area (Å²) in [5.41, 5.74) is 3.71. The van der Waals surface area contributed by atoms with Crippen molar-refractivity contribution < 1.29 is 13.6 Å². The average molecular weight is 339 g/mol. The number of piperidine rings is 1. The van der Waals surface area contributed by atoms with Gasteiger partial charge in [-0.25, -0.2) is 13.6 Å². The van der Waals surface area contributed by atoms with Crippen molar-refractivity contribution in [1.29, 1.82) is 0 Å². The number of carbonyl (C=O) groups is 1. The van der Waals surface area contributed by atoms with Crippen molar-refractivity contribution >= 4 is 6.03 Å². The predicted molar refractivity (Wildman–Crippen MR) is 91.6 cm³/mol. The van der Waals surface area contributed by atoms with E-state index in [0.717, 1.165) is 19.3 Å². The summed E-state index contributed by atoms with van der Waals surface area (Å²) in [5, 5.41) is 5.82. The van der Waals surface area contributed by atoms with Gasteiger partial charge in [0.05, 0.1) is 6.54 Å². The number of urea groups is 1. The third kappa shape index (κ3) is 6.07. The molecule has 0 aromatic heterocycles. The van der Waals surface area contributed by atoms with E-state index in [1.54, 1.807) is 4.90 Å². The monoisotopic (exact) mass is 339 g/mol. The molecule has 0 aliphatic carbocycles. The maximum atomic E-state index is 12.3. The number of benzene rings is 1. The Kier molecular flexibility index (Phi) is 6.97. The number of nitrogens with one attached hydrogen (secondary N) is 2. The average Bonchev–Trinajstić information content (AvgIpc) is 2.51. The van der Waals surface area contributed by atoms with Crippen LogP contribution in [-0.4, -0.2) is 49.6 Å². The number of amides is 2. The molecular formula is C18H27F2N3O. The van der Waals surface area contributed by atoms with E-state index in [0.29, 0.717) is 19.6 Å². The van der Waals surface area contributed by atoms with Crippen LogP contribution in [0, 0.1) is 13.8 Å². The summed E-state index contributed by atoms with van der Waals surface area (Å²) in [4.78, 5) is 13.7. The van der Waals surface area contributed by atoms with Gasteiger partial charge in [-0.05, 0) is 44.2 Å². The van der Waals surface area contributed by atoms with E-state index in [1.807, 2.05) is 0 Å². The van der Waals surface area contributed by atoms with Crippen molar-refractivity contribution in [3.8, 4) is 0 Å². The van der Waals surface area contributed by atoms with Crippen LogP contribution in [0.2, 0.25) is 0 Å². The summed E-state index contributed by atoms with van der Waals surface area (Å²) >= 11 is 0. The number of carbonyl (C=O) groups excluding carboxylic acids is 1. The molecule has 0 spiro atoms. The van der Waals surface area contributed by atoms with Crippen molar-refractivity contribution in [2.75, 3.05) is 26.2 Å². The quantitative estimate of drug-likeness (QED) is 0.837. The number of rotatable bonds is 6. The lowest BCUT2D eigenvalue weighted by molar-refractivity contribution is 0.0737. The second kappa shape index (κ2) is 8.97. The van der Waals surface area contributed by atoms with Gasteiger partial charge in [-0.1, -0.05) is 23.8 Å². The summed E-state index contributed by atoms with van der Waals surface area (Å²) in [6, 6.07) is 6.22. The van der Waals surface area contributed by atoms with Crippen molar-refractivity contribution in [1.82, 2.24) is 15.5 Å². The number of aryl methyl sites for hydroxylation is 2. The molecule has 1 fully saturated rings. The van der Waals surface area contributed by atoms with Gasteiger partial charge >= 0.3 is 6.03 Å². The molecule has 2 amide bonds. The zero-order valence-electron chi connectivity index (χ0n) is 14.4. The first kappa shape index (κ1) is 18.6. The highest BCUT2D eigenvalue weighted by atomic mass is 19.3. The summed E-state index contributed by atoms with van der Waals surface area (Å²) < 4.78 is 24.7. The molecule has 0 bridgehead atoms. The van der Waals surface area contributed by atoms with Crippen LogP contribution in [0.5, 0.6) is 0 Å². The molecule has 1 aliphatic rings. The molecule has 1 aliphatic heterocycles. The van der Waals surface area contributed by atoms with Crippen LogP contribution >= 0.6 is 0 Å². The van der Waals surface area contributed by atoms with Gasteiger partial charge in [0.25, 0.3) is 6.43 Å². The predicted octanol–water partition coefficient (Wildman–Crippen LogP) is 2.87. The molecule has 1 heterocycles. The Labute approximate surface area is 142 Å². The Bertz CT molecular complexity index is 543. The SMILES string of the molecule is Cc1ccc(CCNC(=O)NC2CCN(CC(F)F)CC2)c(C)c1. The molecule has 1 aromatic rings. The first-order valence-electron chi connectivity index (χ1n) is 8.55. The smallest absolute Gasteiger partial charge is 0.315 e. The van der Waals surface area contributed by atoms with Crippen LogP contribution in [0.15, 0.2) is 18.2 Å². The van der Waals surface area contributed by atoms with Gasteiger partial charge in [-0.3, -0.25) is 4.90 Å². The van der Waals surface area contributed by atoms with Crippen LogP contribution in [0.3, 0.4) is 0 Å². The zero-order valence-corrected chi connectivity index (χ0v) is 14.4. The van der Waals surface area contributed by atoms with E-state index in [9.17, 15) is 13.6 Å². The van der Waals surface area contributed by atoms with Gasteiger partial charge < -0.3 is 10.6 Å². The van der Waals surface area contributed by atoms with E-state index in [1.165, 1.54) is 16.7 Å². The minimum Gasteiger partial charge on any atom is -0.338 e. The van der Waals surface area contributed by atoms with Gasteiger partial charge in [-0.15, -0.1) is 0 Å². The number of nitrogens with zero attached hydrogens (tertiary/aromatic N) is 1. The van der Waals surface area contributed by atoms with E-state index >= 15 is 0 Å². The number of hydrogen-bond donors (Lipinski definition) is 2. The van der Waals surface area contributed by atoms with Crippen LogP contribution < -0.4 is 10.6 Å². The fraction of sp³-hybridized carbons (Fsp3) is 0.611. The van der Waals surface area contributed by atoms with Crippen LogP contribution in [0.4, 0.5) is 13.6 Å². The fourth-order valence-electron chi connectivity index (χ4n) is 3.13. The van der Waals surface area contributed by atoms with Crippen molar-refractivity contribution in [2.45, 2.75) is 45.6 Å². The Balaban J connectivity index is 1.65.